The highest BCUT2D eigenvalue weighted by molar-refractivity contribution is 7.99. The van der Waals surface area contributed by atoms with Gasteiger partial charge in [-0.2, -0.15) is 5.10 Å². The molecule has 0 radical (unpaired) electrons. The van der Waals surface area contributed by atoms with Crippen LogP contribution in [0, 0.1) is 0 Å². The van der Waals surface area contributed by atoms with E-state index in [4.69, 9.17) is 0 Å². The molecule has 0 aliphatic rings. The number of carbonyl (C=O) groups is 1. The summed E-state index contributed by atoms with van der Waals surface area (Å²) in [4.78, 5) is 16.2. The molecule has 0 bridgehead atoms. The summed E-state index contributed by atoms with van der Waals surface area (Å²) < 4.78 is 3.59. The summed E-state index contributed by atoms with van der Waals surface area (Å²) in [6, 6.07) is 1.92. The van der Waals surface area contributed by atoms with Gasteiger partial charge in [-0.05, 0) is 0 Å². The first-order chi connectivity index (χ1) is 9.77. The van der Waals surface area contributed by atoms with E-state index in [0.29, 0.717) is 11.6 Å². The maximum absolute atomic E-state index is 12.0. The molecule has 1 amide bonds. The van der Waals surface area contributed by atoms with Gasteiger partial charge >= 0.3 is 0 Å². The lowest BCUT2D eigenvalue weighted by Crippen LogP contribution is -2.16. The Morgan fingerprint density at radius 2 is 2.10 bits per heavy atom. The van der Waals surface area contributed by atoms with E-state index in [2.05, 4.69) is 36.2 Å². The normalized spacial score (nSPS) is 11.7. The minimum atomic E-state index is -0.0635. The molecule has 0 aliphatic carbocycles. The van der Waals surface area contributed by atoms with Crippen LogP contribution in [0.2, 0.25) is 0 Å². The van der Waals surface area contributed by atoms with Crippen molar-refractivity contribution in [2.24, 2.45) is 14.1 Å². The quantitative estimate of drug-likeness (QED) is 0.879. The highest BCUT2D eigenvalue weighted by Crippen LogP contribution is 2.23. The molecular formula is C14H21N5OS. The minimum absolute atomic E-state index is 0.0392. The SMILES string of the molecule is Cn1ccnc1SCC(=O)Nc1cc(C(C)(C)C)nn1C. The first-order valence-electron chi connectivity index (χ1n) is 6.72. The highest BCUT2D eigenvalue weighted by Gasteiger charge is 2.19. The van der Waals surface area contributed by atoms with Crippen molar-refractivity contribution in [2.45, 2.75) is 31.3 Å². The first-order valence-corrected chi connectivity index (χ1v) is 7.70. The Hall–Kier alpha value is -1.76. The Kier molecular flexibility index (Phi) is 4.41. The van der Waals surface area contributed by atoms with E-state index in [1.165, 1.54) is 11.8 Å². The molecule has 0 spiro atoms. The van der Waals surface area contributed by atoms with E-state index in [1.54, 1.807) is 10.9 Å². The van der Waals surface area contributed by atoms with E-state index in [1.807, 2.05) is 30.9 Å². The van der Waals surface area contributed by atoms with Gasteiger partial charge in [0.1, 0.15) is 5.82 Å². The zero-order valence-corrected chi connectivity index (χ0v) is 13.9. The highest BCUT2D eigenvalue weighted by atomic mass is 32.2. The molecule has 2 heterocycles. The average Bonchev–Trinajstić information content (AvgIpc) is 2.94. The van der Waals surface area contributed by atoms with Gasteiger partial charge in [0.2, 0.25) is 5.91 Å². The van der Waals surface area contributed by atoms with Gasteiger partial charge in [0, 0.05) is 38.0 Å². The predicted molar refractivity (Wildman–Crippen MR) is 84.5 cm³/mol. The number of aromatic nitrogens is 4. The van der Waals surface area contributed by atoms with Crippen LogP contribution >= 0.6 is 11.8 Å². The topological polar surface area (TPSA) is 64.7 Å². The molecule has 1 N–H and O–H groups in total. The summed E-state index contributed by atoms with van der Waals surface area (Å²) in [5.74, 6) is 0.970. The number of aryl methyl sites for hydroxylation is 2. The number of carbonyl (C=O) groups excluding carboxylic acids is 1. The van der Waals surface area contributed by atoms with Gasteiger partial charge in [-0.1, -0.05) is 32.5 Å². The molecule has 0 atom stereocenters. The molecule has 0 saturated heterocycles. The molecular weight excluding hydrogens is 286 g/mol. The summed E-state index contributed by atoms with van der Waals surface area (Å²) in [5, 5.41) is 8.15. The van der Waals surface area contributed by atoms with Gasteiger partial charge in [0.25, 0.3) is 0 Å². The van der Waals surface area contributed by atoms with E-state index in [9.17, 15) is 4.79 Å². The fourth-order valence-electron chi connectivity index (χ4n) is 1.75. The van der Waals surface area contributed by atoms with Gasteiger partial charge < -0.3 is 9.88 Å². The average molecular weight is 307 g/mol. The molecule has 21 heavy (non-hydrogen) atoms. The Labute approximate surface area is 128 Å². The van der Waals surface area contributed by atoms with Crippen molar-refractivity contribution in [1.29, 1.82) is 0 Å². The van der Waals surface area contributed by atoms with Gasteiger partial charge in [-0.25, -0.2) is 4.98 Å². The number of amides is 1. The zero-order valence-electron chi connectivity index (χ0n) is 13.0. The fraction of sp³-hybridized carbons (Fsp3) is 0.500. The van der Waals surface area contributed by atoms with Crippen molar-refractivity contribution >= 4 is 23.5 Å². The Morgan fingerprint density at radius 3 is 2.62 bits per heavy atom. The molecule has 0 fully saturated rings. The smallest absolute Gasteiger partial charge is 0.235 e. The molecule has 0 saturated carbocycles. The molecule has 0 unspecified atom stereocenters. The van der Waals surface area contributed by atoms with Crippen LogP contribution in [0.25, 0.3) is 0 Å². The molecule has 7 heteroatoms. The summed E-state index contributed by atoms with van der Waals surface area (Å²) in [6.07, 6.45) is 3.58. The fourth-order valence-corrected chi connectivity index (χ4v) is 2.48. The van der Waals surface area contributed by atoms with Crippen molar-refractivity contribution in [3.63, 3.8) is 0 Å². The second-order valence-corrected chi connectivity index (χ2v) is 6.89. The van der Waals surface area contributed by atoms with E-state index < -0.39 is 0 Å². The third kappa shape index (κ3) is 3.87. The molecule has 2 rings (SSSR count). The number of anilines is 1. The minimum Gasteiger partial charge on any atom is -0.329 e. The van der Waals surface area contributed by atoms with E-state index >= 15 is 0 Å². The largest absolute Gasteiger partial charge is 0.329 e. The molecule has 2 aromatic rings. The van der Waals surface area contributed by atoms with Crippen LogP contribution in [0.15, 0.2) is 23.6 Å². The van der Waals surface area contributed by atoms with Gasteiger partial charge in [-0.15, -0.1) is 0 Å². The number of nitrogens with one attached hydrogen (secondary N) is 1. The number of hydrogen-bond acceptors (Lipinski definition) is 4. The van der Waals surface area contributed by atoms with Gasteiger partial charge in [0.15, 0.2) is 5.16 Å². The van der Waals surface area contributed by atoms with E-state index in [0.717, 1.165) is 10.9 Å². The maximum atomic E-state index is 12.0. The Balaban J connectivity index is 1.97. The molecule has 2 aromatic heterocycles. The summed E-state index contributed by atoms with van der Waals surface area (Å²) >= 11 is 1.41. The summed E-state index contributed by atoms with van der Waals surface area (Å²) in [7, 11) is 3.74. The third-order valence-corrected chi connectivity index (χ3v) is 4.08. The predicted octanol–water partition coefficient (Wildman–Crippen LogP) is 2.18. The summed E-state index contributed by atoms with van der Waals surface area (Å²) in [6.45, 7) is 6.29. The Bertz CT molecular complexity index is 638. The first kappa shape index (κ1) is 15.6. The lowest BCUT2D eigenvalue weighted by atomic mass is 9.92. The lowest BCUT2D eigenvalue weighted by molar-refractivity contribution is -0.113. The molecule has 0 aliphatic heterocycles. The van der Waals surface area contributed by atoms with Crippen molar-refractivity contribution in [3.05, 3.63) is 24.2 Å². The van der Waals surface area contributed by atoms with Gasteiger partial charge in [-0.3, -0.25) is 9.48 Å². The monoisotopic (exact) mass is 307 g/mol. The third-order valence-electron chi connectivity index (χ3n) is 3.03. The van der Waals surface area contributed by atoms with Crippen LogP contribution in [0.5, 0.6) is 0 Å². The molecule has 6 nitrogen and oxygen atoms in total. The number of thioether (sulfide) groups is 1. The van der Waals surface area contributed by atoms with Gasteiger partial charge in [0.05, 0.1) is 11.4 Å². The standard InChI is InChI=1S/C14H21N5OS/c1-14(2,3)10-8-11(19(5)17-10)16-12(20)9-21-13-15-6-7-18(13)4/h6-8H,9H2,1-5H3,(H,16,20). The van der Waals surface area contributed by atoms with Crippen molar-refractivity contribution in [1.82, 2.24) is 19.3 Å². The number of nitrogens with zero attached hydrogens (tertiary/aromatic N) is 4. The number of imidazole rings is 1. The summed E-state index contributed by atoms with van der Waals surface area (Å²) in [5.41, 5.74) is 0.916. The molecule has 0 aromatic carbocycles. The van der Waals surface area contributed by atoms with Crippen LogP contribution in [-0.4, -0.2) is 31.0 Å². The number of rotatable bonds is 4. The molecule has 114 valence electrons. The van der Waals surface area contributed by atoms with Crippen molar-refractivity contribution in [3.8, 4) is 0 Å². The lowest BCUT2D eigenvalue weighted by Gasteiger charge is -2.13. The van der Waals surface area contributed by atoms with Crippen LogP contribution in [0.1, 0.15) is 26.5 Å². The van der Waals surface area contributed by atoms with Crippen molar-refractivity contribution in [2.75, 3.05) is 11.1 Å². The van der Waals surface area contributed by atoms with Crippen molar-refractivity contribution < 1.29 is 4.79 Å². The van der Waals surface area contributed by atoms with Crippen LogP contribution in [0.3, 0.4) is 0 Å². The van der Waals surface area contributed by atoms with E-state index in [-0.39, 0.29) is 11.3 Å². The van der Waals surface area contributed by atoms with Crippen LogP contribution < -0.4 is 5.32 Å². The second kappa shape index (κ2) is 5.93. The van der Waals surface area contributed by atoms with Crippen LogP contribution in [-0.2, 0) is 24.3 Å². The van der Waals surface area contributed by atoms with Crippen LogP contribution in [0.4, 0.5) is 5.82 Å². The Morgan fingerprint density at radius 1 is 1.38 bits per heavy atom. The maximum Gasteiger partial charge on any atom is 0.235 e. The second-order valence-electron chi connectivity index (χ2n) is 5.95. The zero-order chi connectivity index (χ0) is 15.6. The number of hydrogen-bond donors (Lipinski definition) is 1.